The van der Waals surface area contributed by atoms with Gasteiger partial charge < -0.3 is 9.84 Å². The van der Waals surface area contributed by atoms with Crippen molar-refractivity contribution < 1.29 is 14.6 Å². The smallest absolute Gasteiger partial charge is 0.335 e. The summed E-state index contributed by atoms with van der Waals surface area (Å²) >= 11 is 0. The van der Waals surface area contributed by atoms with Gasteiger partial charge in [-0.3, -0.25) is 0 Å². The Labute approximate surface area is 144 Å². The summed E-state index contributed by atoms with van der Waals surface area (Å²) in [5.41, 5.74) is 3.57. The molecule has 25 heavy (non-hydrogen) atoms. The Morgan fingerprint density at radius 1 is 1.16 bits per heavy atom. The van der Waals surface area contributed by atoms with Gasteiger partial charge in [-0.05, 0) is 53.6 Å². The minimum absolute atomic E-state index is 0.166. The number of ether oxygens (including phenoxy) is 1. The van der Waals surface area contributed by atoms with Crippen molar-refractivity contribution in [1.29, 1.82) is 0 Å². The highest BCUT2D eigenvalue weighted by molar-refractivity contribution is 5.90. The fourth-order valence-electron chi connectivity index (χ4n) is 2.51. The molecule has 0 aliphatic rings. The highest BCUT2D eigenvalue weighted by Gasteiger charge is 2.17. The highest BCUT2D eigenvalue weighted by Crippen LogP contribution is 2.26. The predicted octanol–water partition coefficient (Wildman–Crippen LogP) is 3.04. The zero-order valence-electron chi connectivity index (χ0n) is 14.2. The third-order valence-electron chi connectivity index (χ3n) is 4.00. The molecule has 1 heterocycles. The summed E-state index contributed by atoms with van der Waals surface area (Å²) in [6, 6.07) is 12.9. The molecule has 1 atom stereocenters. The largest absolute Gasteiger partial charge is 0.478 e. The molecule has 0 aliphatic heterocycles. The lowest BCUT2D eigenvalue weighted by Crippen LogP contribution is -2.09. The van der Waals surface area contributed by atoms with Gasteiger partial charge in [0, 0.05) is 7.11 Å². The van der Waals surface area contributed by atoms with Crippen molar-refractivity contribution in [3.8, 4) is 16.8 Å². The number of aryl methyl sites for hydroxylation is 1. The van der Waals surface area contributed by atoms with Crippen molar-refractivity contribution in [2.45, 2.75) is 20.0 Å². The van der Waals surface area contributed by atoms with E-state index >= 15 is 0 Å². The van der Waals surface area contributed by atoms with E-state index in [1.54, 1.807) is 19.2 Å². The average molecular weight is 338 g/mol. The topological polar surface area (TPSA) is 90.1 Å². The Morgan fingerprint density at radius 2 is 1.88 bits per heavy atom. The molecule has 0 fully saturated rings. The minimum Gasteiger partial charge on any atom is -0.478 e. The van der Waals surface area contributed by atoms with Crippen LogP contribution in [0.25, 0.3) is 16.8 Å². The molecule has 1 aromatic heterocycles. The normalized spacial score (nSPS) is 12.1. The van der Waals surface area contributed by atoms with Gasteiger partial charge in [0.25, 0.3) is 0 Å². The number of aromatic nitrogens is 4. The number of rotatable bonds is 5. The van der Waals surface area contributed by atoms with Crippen molar-refractivity contribution in [2.75, 3.05) is 7.11 Å². The molecule has 2 aromatic carbocycles. The maximum atomic E-state index is 11.5. The molecule has 3 rings (SSSR count). The van der Waals surface area contributed by atoms with Gasteiger partial charge in [-0.15, -0.1) is 5.10 Å². The lowest BCUT2D eigenvalue weighted by Gasteiger charge is -2.12. The number of hydrogen-bond donors (Lipinski definition) is 1. The van der Waals surface area contributed by atoms with Crippen LogP contribution in [0.5, 0.6) is 0 Å². The maximum Gasteiger partial charge on any atom is 0.335 e. The van der Waals surface area contributed by atoms with Crippen LogP contribution in [0.2, 0.25) is 0 Å². The summed E-state index contributed by atoms with van der Waals surface area (Å²) in [5.74, 6) is -0.510. The van der Waals surface area contributed by atoms with Crippen LogP contribution in [0, 0.1) is 6.92 Å². The van der Waals surface area contributed by atoms with Gasteiger partial charge in [-0.25, -0.2) is 4.79 Å². The second-order valence-corrected chi connectivity index (χ2v) is 5.77. The van der Waals surface area contributed by atoms with Gasteiger partial charge in [0.15, 0.2) is 5.82 Å². The summed E-state index contributed by atoms with van der Waals surface area (Å²) in [4.78, 5) is 11.5. The van der Waals surface area contributed by atoms with E-state index in [1.165, 1.54) is 4.68 Å². The summed E-state index contributed by atoms with van der Waals surface area (Å²) in [6.45, 7) is 3.83. The van der Waals surface area contributed by atoms with E-state index in [9.17, 15) is 9.90 Å². The van der Waals surface area contributed by atoms with E-state index in [0.29, 0.717) is 11.5 Å². The van der Waals surface area contributed by atoms with Crippen LogP contribution in [-0.2, 0) is 4.74 Å². The number of tetrazole rings is 1. The van der Waals surface area contributed by atoms with E-state index < -0.39 is 5.97 Å². The quantitative estimate of drug-likeness (QED) is 0.769. The molecule has 0 unspecified atom stereocenters. The number of aromatic carboxylic acids is 1. The van der Waals surface area contributed by atoms with Crippen LogP contribution in [0.15, 0.2) is 42.5 Å². The van der Waals surface area contributed by atoms with Crippen molar-refractivity contribution in [3.63, 3.8) is 0 Å². The van der Waals surface area contributed by atoms with Crippen molar-refractivity contribution in [1.82, 2.24) is 20.2 Å². The third-order valence-corrected chi connectivity index (χ3v) is 4.00. The lowest BCUT2D eigenvalue weighted by atomic mass is 10.0. The molecule has 0 saturated heterocycles. The van der Waals surface area contributed by atoms with E-state index in [2.05, 4.69) is 15.5 Å². The number of carbonyl (C=O) groups is 1. The fourth-order valence-corrected chi connectivity index (χ4v) is 2.51. The molecule has 0 radical (unpaired) electrons. The number of methoxy groups -OCH3 is 1. The number of hydrogen-bond acceptors (Lipinski definition) is 5. The van der Waals surface area contributed by atoms with Crippen molar-refractivity contribution in [2.24, 2.45) is 0 Å². The number of nitrogens with zero attached hydrogens (tertiary/aromatic N) is 4. The Kier molecular flexibility index (Phi) is 4.58. The van der Waals surface area contributed by atoms with Gasteiger partial charge in [-0.1, -0.05) is 29.8 Å². The molecular formula is C18H18N4O3. The zero-order chi connectivity index (χ0) is 18.0. The predicted molar refractivity (Wildman–Crippen MR) is 91.7 cm³/mol. The van der Waals surface area contributed by atoms with Gasteiger partial charge in [0.2, 0.25) is 0 Å². The average Bonchev–Trinajstić information content (AvgIpc) is 3.11. The van der Waals surface area contributed by atoms with Crippen LogP contribution in [0.4, 0.5) is 0 Å². The molecular weight excluding hydrogens is 320 g/mol. The Morgan fingerprint density at radius 3 is 2.52 bits per heavy atom. The van der Waals surface area contributed by atoms with E-state index in [4.69, 9.17) is 4.74 Å². The van der Waals surface area contributed by atoms with Gasteiger partial charge >= 0.3 is 5.97 Å². The number of carboxylic acids is 1. The maximum absolute atomic E-state index is 11.5. The first kappa shape index (κ1) is 16.8. The molecule has 7 nitrogen and oxygen atoms in total. The second kappa shape index (κ2) is 6.82. The monoisotopic (exact) mass is 338 g/mol. The first-order valence-electron chi connectivity index (χ1n) is 7.76. The van der Waals surface area contributed by atoms with E-state index in [-0.39, 0.29) is 11.7 Å². The van der Waals surface area contributed by atoms with Crippen LogP contribution in [-0.4, -0.2) is 38.4 Å². The van der Waals surface area contributed by atoms with E-state index in [0.717, 1.165) is 16.7 Å². The summed E-state index contributed by atoms with van der Waals surface area (Å²) < 4.78 is 6.78. The van der Waals surface area contributed by atoms with Crippen LogP contribution in [0.3, 0.4) is 0 Å². The summed E-state index contributed by atoms with van der Waals surface area (Å²) in [6.07, 6.45) is -0.327. The lowest BCUT2D eigenvalue weighted by molar-refractivity contribution is 0.0697. The van der Waals surface area contributed by atoms with Gasteiger partial charge in [0.05, 0.1) is 11.3 Å². The molecule has 128 valence electrons. The van der Waals surface area contributed by atoms with Crippen LogP contribution >= 0.6 is 0 Å². The molecule has 0 amide bonds. The first-order chi connectivity index (χ1) is 12.0. The number of carboxylic acid groups (broad SMARTS) is 1. The van der Waals surface area contributed by atoms with Crippen LogP contribution < -0.4 is 0 Å². The second-order valence-electron chi connectivity index (χ2n) is 5.77. The van der Waals surface area contributed by atoms with E-state index in [1.807, 2.05) is 44.2 Å². The highest BCUT2D eigenvalue weighted by atomic mass is 16.5. The zero-order valence-corrected chi connectivity index (χ0v) is 14.2. The SMILES string of the molecule is CO[C@H](C)c1nnnn1-c1cc(C(=O)O)cc(-c2ccc(C)cc2)c1. The molecule has 0 saturated carbocycles. The Hall–Kier alpha value is -3.06. The van der Waals surface area contributed by atoms with Gasteiger partial charge in [-0.2, -0.15) is 4.68 Å². The summed E-state index contributed by atoms with van der Waals surface area (Å²) in [5, 5.41) is 21.1. The first-order valence-corrected chi connectivity index (χ1v) is 7.76. The Balaban J connectivity index is 2.16. The molecule has 0 bridgehead atoms. The molecule has 0 spiro atoms. The molecule has 0 aliphatic carbocycles. The fraction of sp³-hybridized carbons (Fsp3) is 0.222. The molecule has 1 N–H and O–H groups in total. The number of benzene rings is 2. The van der Waals surface area contributed by atoms with Crippen LogP contribution in [0.1, 0.15) is 34.8 Å². The van der Waals surface area contributed by atoms with Crippen molar-refractivity contribution in [3.05, 3.63) is 59.4 Å². The Bertz CT molecular complexity index is 903. The molecule has 3 aromatic rings. The van der Waals surface area contributed by atoms with Gasteiger partial charge in [0.1, 0.15) is 6.10 Å². The molecule has 7 heteroatoms. The standard InChI is InChI=1S/C18H18N4O3/c1-11-4-6-13(7-5-11)14-8-15(18(23)24)10-16(9-14)22-17(12(2)25-3)19-20-21-22/h4-10,12H,1-3H3,(H,23,24)/t12-/m1/s1. The third kappa shape index (κ3) is 3.41. The minimum atomic E-state index is -1.01. The van der Waals surface area contributed by atoms with Crippen molar-refractivity contribution >= 4 is 5.97 Å². The summed E-state index contributed by atoms with van der Waals surface area (Å²) in [7, 11) is 1.56.